The van der Waals surface area contributed by atoms with Gasteiger partial charge in [-0.15, -0.1) is 0 Å². The predicted molar refractivity (Wildman–Crippen MR) is 74.1 cm³/mol. The van der Waals surface area contributed by atoms with Crippen LogP contribution in [-0.4, -0.2) is 47.2 Å². The number of aromatic amines is 1. The molecule has 1 aliphatic rings. The molecule has 0 radical (unpaired) electrons. The number of piperidine rings is 1. The van der Waals surface area contributed by atoms with Crippen molar-refractivity contribution in [1.82, 2.24) is 20.4 Å². The number of nitrogens with one attached hydrogen (secondary N) is 2. The van der Waals surface area contributed by atoms with Crippen molar-refractivity contribution in [3.8, 4) is 0 Å². The minimum Gasteiger partial charge on any atom is -0.337 e. The molecule has 3 rings (SSSR count). The van der Waals surface area contributed by atoms with Crippen LogP contribution in [0.25, 0.3) is 10.9 Å². The molecule has 1 aromatic heterocycles. The van der Waals surface area contributed by atoms with E-state index < -0.39 is 0 Å². The molecule has 0 bridgehead atoms. The van der Waals surface area contributed by atoms with Crippen molar-refractivity contribution < 1.29 is 4.79 Å². The Morgan fingerprint density at radius 3 is 2.84 bits per heavy atom. The maximum Gasteiger partial charge on any atom is 0.274 e. The Kier molecular flexibility index (Phi) is 3.21. The van der Waals surface area contributed by atoms with E-state index in [0.717, 1.165) is 36.8 Å². The summed E-state index contributed by atoms with van der Waals surface area (Å²) in [5, 5.41) is 11.3. The summed E-state index contributed by atoms with van der Waals surface area (Å²) in [5.41, 5.74) is 1.45. The van der Waals surface area contributed by atoms with Crippen LogP contribution in [0.2, 0.25) is 0 Å². The molecule has 0 unspecified atom stereocenters. The van der Waals surface area contributed by atoms with Crippen molar-refractivity contribution in [3.05, 3.63) is 30.0 Å². The normalized spacial score (nSPS) is 17.0. The molecule has 5 nitrogen and oxygen atoms in total. The van der Waals surface area contributed by atoms with Crippen LogP contribution in [0.1, 0.15) is 23.3 Å². The van der Waals surface area contributed by atoms with Crippen molar-refractivity contribution in [2.75, 3.05) is 20.1 Å². The molecule has 1 fully saturated rings. The molecule has 1 aliphatic heterocycles. The number of benzene rings is 1. The van der Waals surface area contributed by atoms with E-state index in [-0.39, 0.29) is 5.91 Å². The van der Waals surface area contributed by atoms with Crippen LogP contribution in [0.5, 0.6) is 0 Å². The summed E-state index contributed by atoms with van der Waals surface area (Å²) < 4.78 is 0. The molecule has 100 valence electrons. The quantitative estimate of drug-likeness (QED) is 0.855. The number of carbonyl (C=O) groups is 1. The largest absolute Gasteiger partial charge is 0.337 e. The maximum absolute atomic E-state index is 12.5. The third-order valence-corrected chi connectivity index (χ3v) is 3.86. The zero-order chi connectivity index (χ0) is 13.2. The number of carbonyl (C=O) groups excluding carboxylic acids is 1. The van der Waals surface area contributed by atoms with Crippen LogP contribution in [-0.2, 0) is 0 Å². The summed E-state index contributed by atoms with van der Waals surface area (Å²) in [4.78, 5) is 14.4. The Hall–Kier alpha value is -1.88. The molecule has 1 saturated heterocycles. The first kappa shape index (κ1) is 12.2. The lowest BCUT2D eigenvalue weighted by Gasteiger charge is -2.31. The van der Waals surface area contributed by atoms with Gasteiger partial charge in [-0.2, -0.15) is 5.10 Å². The van der Waals surface area contributed by atoms with Gasteiger partial charge < -0.3 is 10.2 Å². The molecule has 1 amide bonds. The molecule has 0 aliphatic carbocycles. The molecule has 19 heavy (non-hydrogen) atoms. The van der Waals surface area contributed by atoms with Gasteiger partial charge in [-0.25, -0.2) is 0 Å². The first-order valence-electron chi connectivity index (χ1n) is 6.69. The highest BCUT2D eigenvalue weighted by Gasteiger charge is 2.25. The highest BCUT2D eigenvalue weighted by molar-refractivity contribution is 6.04. The Balaban J connectivity index is 1.81. The van der Waals surface area contributed by atoms with Crippen molar-refractivity contribution in [1.29, 1.82) is 0 Å². The fourth-order valence-electron chi connectivity index (χ4n) is 2.65. The van der Waals surface area contributed by atoms with E-state index in [4.69, 9.17) is 0 Å². The van der Waals surface area contributed by atoms with Crippen molar-refractivity contribution in [2.45, 2.75) is 18.9 Å². The molecular weight excluding hydrogens is 240 g/mol. The first-order chi connectivity index (χ1) is 9.29. The average molecular weight is 258 g/mol. The van der Waals surface area contributed by atoms with Crippen LogP contribution in [0.15, 0.2) is 24.3 Å². The Bertz CT molecular complexity index is 584. The van der Waals surface area contributed by atoms with Gasteiger partial charge in [0, 0.05) is 24.5 Å². The number of rotatable bonds is 2. The molecule has 0 spiro atoms. The smallest absolute Gasteiger partial charge is 0.274 e. The lowest BCUT2D eigenvalue weighted by atomic mass is 10.0. The van der Waals surface area contributed by atoms with Gasteiger partial charge >= 0.3 is 0 Å². The van der Waals surface area contributed by atoms with Gasteiger partial charge in [0.25, 0.3) is 5.91 Å². The van der Waals surface area contributed by atoms with E-state index in [0.29, 0.717) is 11.7 Å². The maximum atomic E-state index is 12.5. The average Bonchev–Trinajstić information content (AvgIpc) is 2.90. The van der Waals surface area contributed by atoms with Gasteiger partial charge in [0.1, 0.15) is 0 Å². The van der Waals surface area contributed by atoms with E-state index >= 15 is 0 Å². The summed E-state index contributed by atoms with van der Waals surface area (Å²) in [6.45, 7) is 1.59. The zero-order valence-electron chi connectivity index (χ0n) is 11.0. The number of H-pyrrole nitrogens is 1. The Labute approximate surface area is 112 Å². The van der Waals surface area contributed by atoms with Gasteiger partial charge in [-0.1, -0.05) is 18.2 Å². The van der Waals surface area contributed by atoms with Gasteiger partial charge in [0.15, 0.2) is 5.69 Å². The van der Waals surface area contributed by atoms with Crippen LogP contribution < -0.4 is 5.32 Å². The highest BCUT2D eigenvalue weighted by Crippen LogP contribution is 2.19. The second-order valence-corrected chi connectivity index (χ2v) is 4.97. The number of aromatic nitrogens is 2. The summed E-state index contributed by atoms with van der Waals surface area (Å²) >= 11 is 0. The van der Waals surface area contributed by atoms with E-state index in [1.165, 1.54) is 0 Å². The fourth-order valence-corrected chi connectivity index (χ4v) is 2.65. The zero-order valence-corrected chi connectivity index (χ0v) is 11.0. The predicted octanol–water partition coefficient (Wildman–Crippen LogP) is 1.39. The van der Waals surface area contributed by atoms with E-state index in [1.807, 2.05) is 36.2 Å². The third kappa shape index (κ3) is 2.21. The molecule has 0 saturated carbocycles. The van der Waals surface area contributed by atoms with Crippen molar-refractivity contribution >= 4 is 16.8 Å². The molecular formula is C14H18N4O. The SMILES string of the molecule is CNC1CCN(C(=O)c2n[nH]c3ccccc23)CC1. The summed E-state index contributed by atoms with van der Waals surface area (Å²) in [5.74, 6) is 0.0343. The molecule has 1 aromatic carbocycles. The standard InChI is InChI=1S/C14H18N4O/c1-15-10-6-8-18(9-7-10)14(19)13-11-4-2-3-5-12(11)16-17-13/h2-5,10,15H,6-9H2,1H3,(H,16,17). The number of hydrogen-bond donors (Lipinski definition) is 2. The van der Waals surface area contributed by atoms with Crippen LogP contribution in [0.3, 0.4) is 0 Å². The molecule has 2 N–H and O–H groups in total. The Morgan fingerprint density at radius 2 is 2.11 bits per heavy atom. The highest BCUT2D eigenvalue weighted by atomic mass is 16.2. The Morgan fingerprint density at radius 1 is 1.37 bits per heavy atom. The number of hydrogen-bond acceptors (Lipinski definition) is 3. The second kappa shape index (κ2) is 5.01. The monoisotopic (exact) mass is 258 g/mol. The lowest BCUT2D eigenvalue weighted by molar-refractivity contribution is 0.0703. The molecule has 2 aromatic rings. The molecule has 2 heterocycles. The second-order valence-electron chi connectivity index (χ2n) is 4.97. The number of amides is 1. The van der Waals surface area contributed by atoms with Gasteiger partial charge in [-0.3, -0.25) is 9.89 Å². The van der Waals surface area contributed by atoms with Gasteiger partial charge in [-0.05, 0) is 26.0 Å². The van der Waals surface area contributed by atoms with Crippen LogP contribution in [0, 0.1) is 0 Å². The molecule has 0 atom stereocenters. The van der Waals surface area contributed by atoms with E-state index in [2.05, 4.69) is 15.5 Å². The summed E-state index contributed by atoms with van der Waals surface area (Å²) in [6.07, 6.45) is 2.01. The lowest BCUT2D eigenvalue weighted by Crippen LogP contribution is -2.44. The fraction of sp³-hybridized carbons (Fsp3) is 0.429. The van der Waals surface area contributed by atoms with Gasteiger partial charge in [0.05, 0.1) is 5.52 Å². The summed E-state index contributed by atoms with van der Waals surface area (Å²) in [6, 6.07) is 8.27. The minimum absolute atomic E-state index is 0.0343. The first-order valence-corrected chi connectivity index (χ1v) is 6.69. The number of nitrogens with zero attached hydrogens (tertiary/aromatic N) is 2. The van der Waals surface area contributed by atoms with E-state index in [1.54, 1.807) is 0 Å². The van der Waals surface area contributed by atoms with E-state index in [9.17, 15) is 4.79 Å². The summed E-state index contributed by atoms with van der Waals surface area (Å²) in [7, 11) is 1.98. The number of para-hydroxylation sites is 1. The molecule has 5 heteroatoms. The number of fused-ring (bicyclic) bond motifs is 1. The van der Waals surface area contributed by atoms with Crippen molar-refractivity contribution in [2.24, 2.45) is 0 Å². The topological polar surface area (TPSA) is 61.0 Å². The minimum atomic E-state index is 0.0343. The number of likely N-dealkylation sites (tertiary alicyclic amines) is 1. The van der Waals surface area contributed by atoms with Crippen LogP contribution in [0.4, 0.5) is 0 Å². The van der Waals surface area contributed by atoms with Crippen molar-refractivity contribution in [3.63, 3.8) is 0 Å². The van der Waals surface area contributed by atoms with Gasteiger partial charge in [0.2, 0.25) is 0 Å². The van der Waals surface area contributed by atoms with Crippen LogP contribution >= 0.6 is 0 Å². The third-order valence-electron chi connectivity index (χ3n) is 3.86.